The molecule has 21 heavy (non-hydrogen) atoms. The lowest BCUT2D eigenvalue weighted by atomic mass is 9.97. The van der Waals surface area contributed by atoms with E-state index in [0.717, 1.165) is 18.0 Å². The second-order valence-electron chi connectivity index (χ2n) is 7.19. The van der Waals surface area contributed by atoms with E-state index < -0.39 is 0 Å². The molecule has 0 aromatic heterocycles. The van der Waals surface area contributed by atoms with E-state index >= 15 is 0 Å². The zero-order valence-corrected chi connectivity index (χ0v) is 14.6. The van der Waals surface area contributed by atoms with Crippen molar-refractivity contribution in [3.05, 3.63) is 0 Å². The molecule has 1 saturated carbocycles. The minimum atomic E-state index is 0.806. The average molecular weight is 296 g/mol. The van der Waals surface area contributed by atoms with Gasteiger partial charge in [0.25, 0.3) is 0 Å². The Morgan fingerprint density at radius 1 is 1.10 bits per heavy atom. The number of hydrogen-bond acceptors (Lipinski definition) is 3. The molecule has 2 fully saturated rings. The van der Waals surface area contributed by atoms with Crippen LogP contribution in [-0.2, 0) is 0 Å². The van der Waals surface area contributed by atoms with Gasteiger partial charge >= 0.3 is 0 Å². The standard InChI is InChI=1S/C18H37N3/c1-4-12-19-18-8-6-7-16(18)9-13-20(3)17-10-14-21(5-2)15-11-17/h16-19H,4-15H2,1-3H3. The van der Waals surface area contributed by atoms with E-state index in [9.17, 15) is 0 Å². The van der Waals surface area contributed by atoms with Crippen molar-refractivity contribution in [2.45, 2.75) is 70.9 Å². The van der Waals surface area contributed by atoms with E-state index in [4.69, 9.17) is 0 Å². The highest BCUT2D eigenvalue weighted by molar-refractivity contribution is 4.85. The molecule has 1 heterocycles. The van der Waals surface area contributed by atoms with Crippen molar-refractivity contribution >= 4 is 0 Å². The van der Waals surface area contributed by atoms with Crippen LogP contribution < -0.4 is 5.32 Å². The van der Waals surface area contributed by atoms with Crippen LogP contribution >= 0.6 is 0 Å². The molecule has 2 aliphatic rings. The largest absolute Gasteiger partial charge is 0.314 e. The molecule has 2 rings (SSSR count). The zero-order valence-electron chi connectivity index (χ0n) is 14.6. The Hall–Kier alpha value is -0.120. The van der Waals surface area contributed by atoms with Crippen molar-refractivity contribution < 1.29 is 0 Å². The first kappa shape index (κ1) is 17.2. The number of piperidine rings is 1. The van der Waals surface area contributed by atoms with E-state index in [-0.39, 0.29) is 0 Å². The first-order valence-corrected chi connectivity index (χ1v) is 9.40. The van der Waals surface area contributed by atoms with E-state index in [1.807, 2.05) is 0 Å². The van der Waals surface area contributed by atoms with E-state index in [1.165, 1.54) is 77.7 Å². The maximum atomic E-state index is 3.77. The second-order valence-corrected chi connectivity index (χ2v) is 7.19. The highest BCUT2D eigenvalue weighted by Gasteiger charge is 2.28. The fraction of sp³-hybridized carbons (Fsp3) is 1.00. The predicted octanol–water partition coefficient (Wildman–Crippen LogP) is 2.96. The fourth-order valence-electron chi connectivity index (χ4n) is 4.21. The molecule has 1 saturated heterocycles. The molecule has 2 unspecified atom stereocenters. The third-order valence-electron chi connectivity index (χ3n) is 5.80. The summed E-state index contributed by atoms with van der Waals surface area (Å²) >= 11 is 0. The van der Waals surface area contributed by atoms with Crippen LogP contribution in [0.25, 0.3) is 0 Å². The van der Waals surface area contributed by atoms with Crippen molar-refractivity contribution in [2.24, 2.45) is 5.92 Å². The van der Waals surface area contributed by atoms with Gasteiger partial charge in [-0.2, -0.15) is 0 Å². The maximum Gasteiger partial charge on any atom is 0.0117 e. The summed E-state index contributed by atoms with van der Waals surface area (Å²) in [5.74, 6) is 0.926. The van der Waals surface area contributed by atoms with Crippen molar-refractivity contribution in [2.75, 3.05) is 39.8 Å². The summed E-state index contributed by atoms with van der Waals surface area (Å²) in [5.41, 5.74) is 0. The van der Waals surface area contributed by atoms with Crippen LogP contribution in [0.5, 0.6) is 0 Å². The van der Waals surface area contributed by atoms with Crippen LogP contribution in [0.4, 0.5) is 0 Å². The summed E-state index contributed by atoms with van der Waals surface area (Å²) in [6.07, 6.45) is 9.68. The summed E-state index contributed by atoms with van der Waals surface area (Å²) < 4.78 is 0. The molecule has 1 aliphatic carbocycles. The van der Waals surface area contributed by atoms with Crippen molar-refractivity contribution in [3.8, 4) is 0 Å². The Balaban J connectivity index is 1.67. The summed E-state index contributed by atoms with van der Waals surface area (Å²) in [6.45, 7) is 10.9. The molecule has 3 heteroatoms. The summed E-state index contributed by atoms with van der Waals surface area (Å²) in [6, 6.07) is 1.64. The maximum absolute atomic E-state index is 3.77. The molecule has 0 amide bonds. The first-order chi connectivity index (χ1) is 10.2. The average Bonchev–Trinajstić information content (AvgIpc) is 2.98. The Bertz CT molecular complexity index is 274. The summed E-state index contributed by atoms with van der Waals surface area (Å²) in [4.78, 5) is 5.24. The van der Waals surface area contributed by atoms with Gasteiger partial charge in [0, 0.05) is 12.1 Å². The molecular weight excluding hydrogens is 258 g/mol. The van der Waals surface area contributed by atoms with Crippen molar-refractivity contribution in [1.82, 2.24) is 15.1 Å². The minimum Gasteiger partial charge on any atom is -0.314 e. The minimum absolute atomic E-state index is 0.806. The molecular formula is C18H37N3. The fourth-order valence-corrected chi connectivity index (χ4v) is 4.21. The van der Waals surface area contributed by atoms with E-state index in [2.05, 4.69) is 36.0 Å². The van der Waals surface area contributed by atoms with Crippen LogP contribution in [0.1, 0.15) is 58.8 Å². The Morgan fingerprint density at radius 3 is 2.52 bits per heavy atom. The molecule has 3 nitrogen and oxygen atoms in total. The van der Waals surface area contributed by atoms with Gasteiger partial charge in [0.05, 0.1) is 0 Å². The zero-order chi connectivity index (χ0) is 15.1. The topological polar surface area (TPSA) is 18.5 Å². The molecule has 2 atom stereocenters. The number of nitrogens with zero attached hydrogens (tertiary/aromatic N) is 2. The molecule has 0 radical (unpaired) electrons. The lowest BCUT2D eigenvalue weighted by Gasteiger charge is -2.37. The highest BCUT2D eigenvalue weighted by atomic mass is 15.2. The van der Waals surface area contributed by atoms with E-state index in [1.54, 1.807) is 0 Å². The van der Waals surface area contributed by atoms with Gasteiger partial charge in [0.2, 0.25) is 0 Å². The number of nitrogens with one attached hydrogen (secondary N) is 1. The van der Waals surface area contributed by atoms with Crippen LogP contribution in [0, 0.1) is 5.92 Å². The predicted molar refractivity (Wildman–Crippen MR) is 91.8 cm³/mol. The molecule has 0 aromatic rings. The lowest BCUT2D eigenvalue weighted by Crippen LogP contribution is -2.44. The quantitative estimate of drug-likeness (QED) is 0.743. The van der Waals surface area contributed by atoms with Gasteiger partial charge in [-0.3, -0.25) is 0 Å². The number of rotatable bonds is 8. The smallest absolute Gasteiger partial charge is 0.0117 e. The first-order valence-electron chi connectivity index (χ1n) is 9.40. The van der Waals surface area contributed by atoms with Gasteiger partial charge in [-0.05, 0) is 84.2 Å². The lowest BCUT2D eigenvalue weighted by molar-refractivity contribution is 0.125. The normalized spacial score (nSPS) is 28.6. The molecule has 124 valence electrons. The van der Waals surface area contributed by atoms with Gasteiger partial charge in [0.15, 0.2) is 0 Å². The van der Waals surface area contributed by atoms with Crippen LogP contribution in [0.2, 0.25) is 0 Å². The molecule has 1 aliphatic heterocycles. The van der Waals surface area contributed by atoms with Gasteiger partial charge < -0.3 is 15.1 Å². The van der Waals surface area contributed by atoms with Gasteiger partial charge in [-0.1, -0.05) is 20.3 Å². The van der Waals surface area contributed by atoms with Gasteiger partial charge in [-0.15, -0.1) is 0 Å². The highest BCUT2D eigenvalue weighted by Crippen LogP contribution is 2.29. The Kier molecular flexibility index (Phi) is 7.48. The van der Waals surface area contributed by atoms with Crippen LogP contribution in [0.15, 0.2) is 0 Å². The Morgan fingerprint density at radius 2 is 1.86 bits per heavy atom. The second kappa shape index (κ2) is 9.12. The third-order valence-corrected chi connectivity index (χ3v) is 5.80. The monoisotopic (exact) mass is 295 g/mol. The molecule has 0 bridgehead atoms. The number of likely N-dealkylation sites (tertiary alicyclic amines) is 1. The molecule has 0 spiro atoms. The SMILES string of the molecule is CCCNC1CCCC1CCN(C)C1CCN(CC)CC1. The van der Waals surface area contributed by atoms with Crippen LogP contribution in [0.3, 0.4) is 0 Å². The van der Waals surface area contributed by atoms with Gasteiger partial charge in [-0.25, -0.2) is 0 Å². The Labute approximate surface area is 132 Å². The third kappa shape index (κ3) is 5.22. The van der Waals surface area contributed by atoms with Gasteiger partial charge in [0.1, 0.15) is 0 Å². The molecule has 0 aromatic carbocycles. The van der Waals surface area contributed by atoms with E-state index in [0.29, 0.717) is 0 Å². The van der Waals surface area contributed by atoms with Crippen LogP contribution in [-0.4, -0.2) is 61.7 Å². The van der Waals surface area contributed by atoms with Crippen molar-refractivity contribution in [3.63, 3.8) is 0 Å². The van der Waals surface area contributed by atoms with Crippen molar-refractivity contribution in [1.29, 1.82) is 0 Å². The summed E-state index contributed by atoms with van der Waals surface area (Å²) in [5, 5.41) is 3.77. The summed E-state index contributed by atoms with van der Waals surface area (Å²) in [7, 11) is 2.36. The molecule has 1 N–H and O–H groups in total. The number of hydrogen-bond donors (Lipinski definition) is 1.